The van der Waals surface area contributed by atoms with Crippen LogP contribution < -0.4 is 5.32 Å². The Labute approximate surface area is 130 Å². The van der Waals surface area contributed by atoms with Gasteiger partial charge in [0.2, 0.25) is 0 Å². The second-order valence-corrected chi connectivity index (χ2v) is 5.09. The maximum absolute atomic E-state index is 14.4. The van der Waals surface area contributed by atoms with Crippen LogP contribution in [0.3, 0.4) is 0 Å². The first-order valence-corrected chi connectivity index (χ1v) is 7.02. The first-order valence-electron chi connectivity index (χ1n) is 7.02. The van der Waals surface area contributed by atoms with Crippen LogP contribution in [0.15, 0.2) is 30.3 Å². The van der Waals surface area contributed by atoms with Crippen molar-refractivity contribution < 1.29 is 13.6 Å². The van der Waals surface area contributed by atoms with Crippen LogP contribution in [-0.2, 0) is 10.7 Å². The normalized spacial score (nSPS) is 18.1. The summed E-state index contributed by atoms with van der Waals surface area (Å²) < 4.78 is 28.7. The van der Waals surface area contributed by atoms with E-state index in [4.69, 9.17) is 0 Å². The fourth-order valence-corrected chi connectivity index (χ4v) is 2.55. The second-order valence-electron chi connectivity index (χ2n) is 5.09. The van der Waals surface area contributed by atoms with Crippen molar-refractivity contribution in [3.05, 3.63) is 35.9 Å². The molecule has 1 atom stereocenters. The van der Waals surface area contributed by atoms with Gasteiger partial charge in [0.05, 0.1) is 0 Å². The lowest BCUT2D eigenvalue weighted by atomic mass is 10.1. The van der Waals surface area contributed by atoms with Crippen LogP contribution >= 0.6 is 12.4 Å². The summed E-state index contributed by atoms with van der Waals surface area (Å²) in [5.41, 5.74) is -0.239. The van der Waals surface area contributed by atoms with Crippen LogP contribution in [-0.4, -0.2) is 36.5 Å². The predicted octanol–water partition coefficient (Wildman–Crippen LogP) is 2.80. The molecule has 1 saturated heterocycles. The molecule has 0 bridgehead atoms. The molecule has 1 aromatic rings. The van der Waals surface area contributed by atoms with Crippen molar-refractivity contribution in [2.45, 2.75) is 31.7 Å². The fraction of sp³-hybridized carbons (Fsp3) is 0.533. The van der Waals surface area contributed by atoms with Gasteiger partial charge in [0.25, 0.3) is 5.91 Å². The number of halogens is 3. The van der Waals surface area contributed by atoms with Gasteiger partial charge in [-0.2, -0.15) is 8.78 Å². The van der Waals surface area contributed by atoms with E-state index in [0.717, 1.165) is 13.0 Å². The second kappa shape index (κ2) is 7.71. The van der Waals surface area contributed by atoms with Gasteiger partial charge in [-0.15, -0.1) is 12.4 Å². The molecule has 1 aliphatic rings. The van der Waals surface area contributed by atoms with E-state index in [0.29, 0.717) is 19.5 Å². The van der Waals surface area contributed by atoms with Gasteiger partial charge in [0, 0.05) is 24.7 Å². The number of carbonyl (C=O) groups excluding carboxylic acids is 1. The maximum Gasteiger partial charge on any atom is 0.349 e. The number of carbonyl (C=O) groups is 1. The molecule has 1 amide bonds. The Hall–Kier alpha value is -1.20. The number of nitrogens with zero attached hydrogens (tertiary/aromatic N) is 1. The molecule has 6 heteroatoms. The minimum Gasteiger partial charge on any atom is -0.333 e. The van der Waals surface area contributed by atoms with Crippen molar-refractivity contribution in [2.24, 2.45) is 0 Å². The zero-order valence-electron chi connectivity index (χ0n) is 12.0. The van der Waals surface area contributed by atoms with Gasteiger partial charge in [-0.05, 0) is 19.4 Å². The number of hydrogen-bond donors (Lipinski definition) is 1. The van der Waals surface area contributed by atoms with Gasteiger partial charge in [-0.3, -0.25) is 4.79 Å². The van der Waals surface area contributed by atoms with Crippen LogP contribution in [0.4, 0.5) is 8.78 Å². The van der Waals surface area contributed by atoms with Crippen molar-refractivity contribution >= 4 is 18.3 Å². The SMILES string of the molecule is CCCN(C(=O)C(F)(F)c1ccccc1)C1CCNC1.Cl. The molecule has 2 rings (SSSR count). The zero-order chi connectivity index (χ0) is 14.6. The Morgan fingerprint density at radius 1 is 1.38 bits per heavy atom. The first kappa shape index (κ1) is 17.9. The van der Waals surface area contributed by atoms with E-state index in [1.165, 1.54) is 29.2 Å². The van der Waals surface area contributed by atoms with Crippen LogP contribution in [0.2, 0.25) is 0 Å². The molecule has 1 N–H and O–H groups in total. The Kier molecular flexibility index (Phi) is 6.55. The van der Waals surface area contributed by atoms with Gasteiger partial charge < -0.3 is 10.2 Å². The lowest BCUT2D eigenvalue weighted by molar-refractivity contribution is -0.161. The molecule has 1 aromatic carbocycles. The monoisotopic (exact) mass is 318 g/mol. The van der Waals surface area contributed by atoms with Crippen molar-refractivity contribution in [2.75, 3.05) is 19.6 Å². The van der Waals surface area contributed by atoms with Gasteiger partial charge in [-0.1, -0.05) is 37.3 Å². The van der Waals surface area contributed by atoms with Crippen LogP contribution in [0, 0.1) is 0 Å². The molecular weight excluding hydrogens is 298 g/mol. The van der Waals surface area contributed by atoms with E-state index in [1.807, 2.05) is 6.92 Å². The minimum absolute atomic E-state index is 0. The standard InChI is InChI=1S/C15H20F2N2O.ClH/c1-2-10-19(13-8-9-18-11-13)14(20)15(16,17)12-6-4-3-5-7-12;/h3-7,13,18H,2,8-11H2,1H3;1H. The van der Waals surface area contributed by atoms with Crippen molar-refractivity contribution in [3.63, 3.8) is 0 Å². The van der Waals surface area contributed by atoms with E-state index in [-0.39, 0.29) is 24.0 Å². The molecule has 1 heterocycles. The zero-order valence-corrected chi connectivity index (χ0v) is 12.8. The molecule has 0 aliphatic carbocycles. The highest BCUT2D eigenvalue weighted by molar-refractivity contribution is 5.85. The molecule has 3 nitrogen and oxygen atoms in total. The molecule has 118 valence electrons. The molecule has 0 aromatic heterocycles. The Morgan fingerprint density at radius 2 is 2.05 bits per heavy atom. The molecular formula is C15H21ClF2N2O. The summed E-state index contributed by atoms with van der Waals surface area (Å²) in [6.45, 7) is 3.63. The third kappa shape index (κ3) is 3.92. The third-order valence-electron chi connectivity index (χ3n) is 3.61. The van der Waals surface area contributed by atoms with E-state index in [9.17, 15) is 13.6 Å². The van der Waals surface area contributed by atoms with E-state index >= 15 is 0 Å². The number of rotatable bonds is 5. The van der Waals surface area contributed by atoms with Gasteiger partial charge in [0.1, 0.15) is 0 Å². The lowest BCUT2D eigenvalue weighted by Gasteiger charge is -2.31. The number of nitrogens with one attached hydrogen (secondary N) is 1. The van der Waals surface area contributed by atoms with Gasteiger partial charge in [0.15, 0.2) is 0 Å². The number of benzene rings is 1. The van der Waals surface area contributed by atoms with E-state index < -0.39 is 11.8 Å². The quantitative estimate of drug-likeness (QED) is 0.905. The Bertz CT molecular complexity index is 450. The molecule has 0 saturated carbocycles. The summed E-state index contributed by atoms with van der Waals surface area (Å²) in [5.74, 6) is -4.54. The highest BCUT2D eigenvalue weighted by Crippen LogP contribution is 2.31. The largest absolute Gasteiger partial charge is 0.349 e. The molecule has 0 spiro atoms. The summed E-state index contributed by atoms with van der Waals surface area (Å²) in [6.07, 6.45) is 1.41. The Balaban J connectivity index is 0.00000220. The number of alkyl halides is 2. The lowest BCUT2D eigenvalue weighted by Crippen LogP contribution is -2.48. The van der Waals surface area contributed by atoms with Crippen molar-refractivity contribution in [3.8, 4) is 0 Å². The summed E-state index contributed by atoms with van der Waals surface area (Å²) >= 11 is 0. The highest BCUT2D eigenvalue weighted by Gasteiger charge is 2.45. The topological polar surface area (TPSA) is 32.3 Å². The average Bonchev–Trinajstić information content (AvgIpc) is 2.99. The maximum atomic E-state index is 14.4. The molecule has 1 fully saturated rings. The van der Waals surface area contributed by atoms with Crippen LogP contribution in [0.25, 0.3) is 0 Å². The number of hydrogen-bond acceptors (Lipinski definition) is 2. The Morgan fingerprint density at radius 3 is 2.57 bits per heavy atom. The van der Waals surface area contributed by atoms with Crippen molar-refractivity contribution in [1.29, 1.82) is 0 Å². The van der Waals surface area contributed by atoms with E-state index in [1.54, 1.807) is 6.07 Å². The molecule has 0 radical (unpaired) electrons. The van der Waals surface area contributed by atoms with Crippen molar-refractivity contribution in [1.82, 2.24) is 10.2 Å². The van der Waals surface area contributed by atoms with Gasteiger partial charge in [-0.25, -0.2) is 0 Å². The highest BCUT2D eigenvalue weighted by atomic mass is 35.5. The average molecular weight is 319 g/mol. The van der Waals surface area contributed by atoms with E-state index in [2.05, 4.69) is 5.32 Å². The predicted molar refractivity (Wildman–Crippen MR) is 80.9 cm³/mol. The minimum atomic E-state index is -3.46. The molecule has 1 unspecified atom stereocenters. The summed E-state index contributed by atoms with van der Waals surface area (Å²) in [4.78, 5) is 13.6. The molecule has 1 aliphatic heterocycles. The summed E-state index contributed by atoms with van der Waals surface area (Å²) in [7, 11) is 0. The summed E-state index contributed by atoms with van der Waals surface area (Å²) in [6, 6.07) is 7.19. The smallest absolute Gasteiger partial charge is 0.333 e. The number of amides is 1. The fourth-order valence-electron chi connectivity index (χ4n) is 2.55. The van der Waals surface area contributed by atoms with Gasteiger partial charge >= 0.3 is 5.92 Å². The first-order chi connectivity index (χ1) is 9.57. The van der Waals surface area contributed by atoms with Crippen LogP contribution in [0.5, 0.6) is 0 Å². The van der Waals surface area contributed by atoms with Crippen LogP contribution in [0.1, 0.15) is 25.3 Å². The third-order valence-corrected chi connectivity index (χ3v) is 3.61. The summed E-state index contributed by atoms with van der Waals surface area (Å²) in [5, 5.41) is 3.12. The molecule has 21 heavy (non-hydrogen) atoms.